The van der Waals surface area contributed by atoms with Crippen LogP contribution in [-0.2, 0) is 6.54 Å². The van der Waals surface area contributed by atoms with Crippen LogP contribution >= 0.6 is 11.6 Å². The minimum Gasteiger partial charge on any atom is -0.393 e. The maximum Gasteiger partial charge on any atom is 0.142 e. The van der Waals surface area contributed by atoms with Crippen molar-refractivity contribution < 1.29 is 9.50 Å². The fourth-order valence-electron chi connectivity index (χ4n) is 2.31. The van der Waals surface area contributed by atoms with Gasteiger partial charge in [0.1, 0.15) is 5.82 Å². The number of aliphatic hydroxyl groups excluding tert-OH is 1. The van der Waals surface area contributed by atoms with Crippen molar-refractivity contribution in [2.45, 2.75) is 26.0 Å². The minimum atomic E-state index is -0.365. The Labute approximate surface area is 106 Å². The van der Waals surface area contributed by atoms with Gasteiger partial charge < -0.3 is 5.11 Å². The number of nitrogens with zero attached hydrogens (tertiary/aromatic N) is 1. The van der Waals surface area contributed by atoms with E-state index < -0.39 is 0 Å². The molecule has 0 spiro atoms. The number of benzene rings is 1. The van der Waals surface area contributed by atoms with Gasteiger partial charge in [0, 0.05) is 13.1 Å². The highest BCUT2D eigenvalue weighted by atomic mass is 35.5. The monoisotopic (exact) mass is 257 g/mol. The zero-order valence-corrected chi connectivity index (χ0v) is 10.6. The lowest BCUT2D eigenvalue weighted by atomic mass is 10.0. The topological polar surface area (TPSA) is 23.5 Å². The van der Waals surface area contributed by atoms with E-state index in [1.54, 1.807) is 6.07 Å². The first-order valence-electron chi connectivity index (χ1n) is 5.91. The molecule has 1 aliphatic rings. The standard InChI is InChI=1S/C13H17ClFNO/c1-9(17)10-5-6-16(7-10)8-11-3-2-4-12(15)13(11)14/h2-4,9-10,17H,5-8H2,1H3. The summed E-state index contributed by atoms with van der Waals surface area (Å²) in [5.41, 5.74) is 0.818. The first kappa shape index (κ1) is 12.8. The average molecular weight is 258 g/mol. The van der Waals surface area contributed by atoms with Crippen molar-refractivity contribution in [3.8, 4) is 0 Å². The van der Waals surface area contributed by atoms with Gasteiger partial charge in [0.15, 0.2) is 0 Å². The molecule has 94 valence electrons. The van der Waals surface area contributed by atoms with E-state index in [4.69, 9.17) is 11.6 Å². The summed E-state index contributed by atoms with van der Waals surface area (Å²) in [6.07, 6.45) is 0.716. The number of halogens is 2. The molecule has 0 radical (unpaired) electrons. The van der Waals surface area contributed by atoms with Crippen LogP contribution < -0.4 is 0 Å². The Morgan fingerprint density at radius 2 is 2.35 bits per heavy atom. The van der Waals surface area contributed by atoms with Crippen molar-refractivity contribution in [1.29, 1.82) is 0 Å². The third-order valence-corrected chi connectivity index (χ3v) is 3.84. The quantitative estimate of drug-likeness (QED) is 0.900. The van der Waals surface area contributed by atoms with Gasteiger partial charge in [-0.2, -0.15) is 0 Å². The van der Waals surface area contributed by atoms with Crippen LogP contribution in [0.25, 0.3) is 0 Å². The summed E-state index contributed by atoms with van der Waals surface area (Å²) >= 11 is 5.92. The molecule has 2 nitrogen and oxygen atoms in total. The Hall–Kier alpha value is -0.640. The van der Waals surface area contributed by atoms with E-state index in [-0.39, 0.29) is 16.9 Å². The normalized spacial score (nSPS) is 22.9. The van der Waals surface area contributed by atoms with E-state index in [0.29, 0.717) is 12.5 Å². The zero-order chi connectivity index (χ0) is 12.4. The molecule has 2 atom stereocenters. The fraction of sp³-hybridized carbons (Fsp3) is 0.538. The van der Waals surface area contributed by atoms with Crippen LogP contribution in [0.1, 0.15) is 18.9 Å². The van der Waals surface area contributed by atoms with Crippen molar-refractivity contribution >= 4 is 11.6 Å². The Morgan fingerprint density at radius 1 is 1.59 bits per heavy atom. The van der Waals surface area contributed by atoms with Crippen molar-refractivity contribution in [3.05, 3.63) is 34.6 Å². The maximum absolute atomic E-state index is 13.3. The predicted molar refractivity (Wildman–Crippen MR) is 66.5 cm³/mol. The third kappa shape index (κ3) is 2.97. The van der Waals surface area contributed by atoms with Crippen LogP contribution in [0.15, 0.2) is 18.2 Å². The number of likely N-dealkylation sites (tertiary alicyclic amines) is 1. The van der Waals surface area contributed by atoms with Crippen molar-refractivity contribution in [2.75, 3.05) is 13.1 Å². The molecule has 0 amide bonds. The molecule has 1 aromatic rings. The molecule has 1 fully saturated rings. The van der Waals surface area contributed by atoms with E-state index >= 15 is 0 Å². The van der Waals surface area contributed by atoms with Gasteiger partial charge in [-0.1, -0.05) is 23.7 Å². The number of rotatable bonds is 3. The first-order chi connectivity index (χ1) is 8.08. The van der Waals surface area contributed by atoms with Crippen LogP contribution in [0.4, 0.5) is 4.39 Å². The molecule has 1 N–H and O–H groups in total. The summed E-state index contributed by atoms with van der Waals surface area (Å²) in [6, 6.07) is 4.90. The second-order valence-electron chi connectivity index (χ2n) is 4.74. The first-order valence-corrected chi connectivity index (χ1v) is 6.29. The van der Waals surface area contributed by atoms with E-state index in [1.807, 2.05) is 13.0 Å². The van der Waals surface area contributed by atoms with Gasteiger partial charge in [-0.25, -0.2) is 4.39 Å². The van der Waals surface area contributed by atoms with E-state index in [9.17, 15) is 9.50 Å². The van der Waals surface area contributed by atoms with Crippen LogP contribution in [0.2, 0.25) is 5.02 Å². The Balaban J connectivity index is 2.00. The highest BCUT2D eigenvalue weighted by molar-refractivity contribution is 6.31. The van der Waals surface area contributed by atoms with Gasteiger partial charge >= 0.3 is 0 Å². The summed E-state index contributed by atoms with van der Waals surface area (Å²) in [7, 11) is 0. The van der Waals surface area contributed by atoms with Crippen LogP contribution in [0, 0.1) is 11.7 Å². The van der Waals surface area contributed by atoms with Gasteiger partial charge in [0.05, 0.1) is 11.1 Å². The molecular weight excluding hydrogens is 241 g/mol. The van der Waals surface area contributed by atoms with E-state index in [0.717, 1.165) is 25.1 Å². The molecule has 1 aromatic carbocycles. The molecule has 1 aliphatic heterocycles. The fourth-order valence-corrected chi connectivity index (χ4v) is 2.50. The zero-order valence-electron chi connectivity index (χ0n) is 9.87. The van der Waals surface area contributed by atoms with Crippen LogP contribution in [0.3, 0.4) is 0 Å². The molecule has 0 saturated carbocycles. The maximum atomic E-state index is 13.3. The summed E-state index contributed by atoms with van der Waals surface area (Å²) in [6.45, 7) is 4.26. The smallest absolute Gasteiger partial charge is 0.142 e. The molecule has 1 saturated heterocycles. The van der Waals surface area contributed by atoms with Crippen LogP contribution in [0.5, 0.6) is 0 Å². The Kier molecular flexibility index (Phi) is 4.02. The second-order valence-corrected chi connectivity index (χ2v) is 5.12. The van der Waals surface area contributed by atoms with Crippen LogP contribution in [-0.4, -0.2) is 29.2 Å². The van der Waals surface area contributed by atoms with Crippen molar-refractivity contribution in [2.24, 2.45) is 5.92 Å². The predicted octanol–water partition coefficient (Wildman–Crippen LogP) is 2.68. The molecular formula is C13H17ClFNO. The van der Waals surface area contributed by atoms with Gasteiger partial charge in [-0.3, -0.25) is 4.90 Å². The number of hydrogen-bond donors (Lipinski definition) is 1. The number of hydrogen-bond acceptors (Lipinski definition) is 2. The molecule has 0 bridgehead atoms. The average Bonchev–Trinajstić information content (AvgIpc) is 2.73. The Bertz CT molecular complexity index is 397. The summed E-state index contributed by atoms with van der Waals surface area (Å²) < 4.78 is 13.3. The molecule has 17 heavy (non-hydrogen) atoms. The Morgan fingerprint density at radius 3 is 3.00 bits per heavy atom. The molecule has 0 aliphatic carbocycles. The molecule has 4 heteroatoms. The lowest BCUT2D eigenvalue weighted by Gasteiger charge is -2.18. The van der Waals surface area contributed by atoms with Crippen molar-refractivity contribution in [3.63, 3.8) is 0 Å². The van der Waals surface area contributed by atoms with Crippen molar-refractivity contribution in [1.82, 2.24) is 4.90 Å². The van der Waals surface area contributed by atoms with Gasteiger partial charge in [0.2, 0.25) is 0 Å². The highest BCUT2D eigenvalue weighted by Gasteiger charge is 2.26. The molecule has 2 rings (SSSR count). The molecule has 2 unspecified atom stereocenters. The lowest BCUT2D eigenvalue weighted by molar-refractivity contribution is 0.127. The summed E-state index contributed by atoms with van der Waals surface area (Å²) in [4.78, 5) is 2.21. The SMILES string of the molecule is CC(O)C1CCN(Cc2cccc(F)c2Cl)C1. The third-order valence-electron chi connectivity index (χ3n) is 3.42. The van der Waals surface area contributed by atoms with Gasteiger partial charge in [-0.05, 0) is 37.4 Å². The van der Waals surface area contributed by atoms with Gasteiger partial charge in [-0.15, -0.1) is 0 Å². The van der Waals surface area contributed by atoms with E-state index in [2.05, 4.69) is 4.90 Å². The molecule has 1 heterocycles. The van der Waals surface area contributed by atoms with E-state index in [1.165, 1.54) is 6.07 Å². The number of aliphatic hydroxyl groups is 1. The largest absolute Gasteiger partial charge is 0.393 e. The lowest BCUT2D eigenvalue weighted by Crippen LogP contribution is -2.24. The van der Waals surface area contributed by atoms with Gasteiger partial charge in [0.25, 0.3) is 0 Å². The minimum absolute atomic E-state index is 0.216. The highest BCUT2D eigenvalue weighted by Crippen LogP contribution is 2.25. The summed E-state index contributed by atoms with van der Waals surface area (Å²) in [5.74, 6) is -0.0437. The second kappa shape index (κ2) is 5.34. The summed E-state index contributed by atoms with van der Waals surface area (Å²) in [5, 5.41) is 9.74. The molecule has 0 aromatic heterocycles.